The molecule has 0 aliphatic carbocycles. The Morgan fingerprint density at radius 3 is 2.55 bits per heavy atom. The largest absolute Gasteiger partial charge is 0.356 e. The molecule has 4 nitrogen and oxygen atoms in total. The van der Waals surface area contributed by atoms with Gasteiger partial charge in [0.25, 0.3) is 0 Å². The number of rotatable bonds is 8. The third kappa shape index (κ3) is 7.83. The number of hydrogen-bond acceptors (Lipinski definition) is 5. The van der Waals surface area contributed by atoms with E-state index in [4.69, 9.17) is 0 Å². The summed E-state index contributed by atoms with van der Waals surface area (Å²) < 4.78 is 0. The lowest BCUT2D eigenvalue weighted by atomic mass is 10.1. The quantitative estimate of drug-likeness (QED) is 0.255. The summed E-state index contributed by atoms with van der Waals surface area (Å²) in [5, 5.41) is 12.3. The topological polar surface area (TPSA) is 53.6 Å². The van der Waals surface area contributed by atoms with E-state index in [9.17, 15) is 0 Å². The molecule has 2 aromatic carbocycles. The second-order valence-corrected chi connectivity index (χ2v) is 10.6. The molecule has 1 saturated heterocycles. The van der Waals surface area contributed by atoms with Crippen LogP contribution in [0.5, 0.6) is 0 Å². The van der Waals surface area contributed by atoms with E-state index in [-0.39, 0.29) is 0 Å². The minimum absolute atomic E-state index is 0.734. The van der Waals surface area contributed by atoms with Gasteiger partial charge >= 0.3 is 0 Å². The fourth-order valence-corrected chi connectivity index (χ4v) is 5.34. The number of aromatic amines is 1. The fraction of sp³-hybridized carbons (Fsp3) is 0.333. The monoisotopic (exact) mass is 478 g/mol. The van der Waals surface area contributed by atoms with Crippen molar-refractivity contribution in [3.05, 3.63) is 78.4 Å². The van der Waals surface area contributed by atoms with Crippen LogP contribution in [-0.2, 0) is 0 Å². The van der Waals surface area contributed by atoms with Gasteiger partial charge in [-0.3, -0.25) is 5.10 Å². The van der Waals surface area contributed by atoms with Crippen molar-refractivity contribution in [3.63, 3.8) is 0 Å². The lowest BCUT2D eigenvalue weighted by molar-refractivity contribution is 0.759. The summed E-state index contributed by atoms with van der Waals surface area (Å²) >= 11 is 3.72. The van der Waals surface area contributed by atoms with Crippen molar-refractivity contribution in [2.24, 2.45) is 0 Å². The van der Waals surface area contributed by atoms with Gasteiger partial charge in [0.05, 0.1) is 0 Å². The van der Waals surface area contributed by atoms with Crippen LogP contribution in [0.1, 0.15) is 44.2 Å². The van der Waals surface area contributed by atoms with Gasteiger partial charge in [0.15, 0.2) is 5.82 Å². The Balaban J connectivity index is 0.000000374. The highest BCUT2D eigenvalue weighted by atomic mass is 32.2. The molecule has 0 amide bonds. The average molecular weight is 479 g/mol. The van der Waals surface area contributed by atoms with E-state index in [0.29, 0.717) is 0 Å². The standard InChI is InChI=1S/C21H22N4S.C6H12S/c1-14(2)13-26-21-23-20(24-25-21)17-9-11-18(12-10-17)22-16(4)19-8-6-5-7-15(19)3;1-2-6-4-3-5-7-6/h5-12,22H,1,4,13H2,2-3H3,(H,23,24,25);6H,2-5H2,1H3. The van der Waals surface area contributed by atoms with E-state index in [0.717, 1.165) is 50.1 Å². The molecule has 33 heavy (non-hydrogen) atoms. The Kier molecular flexibility index (Phi) is 9.70. The Labute approximate surface area is 206 Å². The zero-order valence-electron chi connectivity index (χ0n) is 19.9. The Morgan fingerprint density at radius 2 is 1.94 bits per heavy atom. The molecule has 6 heteroatoms. The first-order chi connectivity index (χ1) is 16.0. The highest BCUT2D eigenvalue weighted by molar-refractivity contribution is 8.00. The van der Waals surface area contributed by atoms with E-state index < -0.39 is 0 Å². The Morgan fingerprint density at radius 1 is 1.18 bits per heavy atom. The number of aromatic nitrogens is 3. The smallest absolute Gasteiger partial charge is 0.209 e. The molecular weight excluding hydrogens is 444 g/mol. The molecule has 0 spiro atoms. The van der Waals surface area contributed by atoms with E-state index in [2.05, 4.69) is 71.4 Å². The Bertz CT molecular complexity index is 1050. The van der Waals surface area contributed by atoms with Gasteiger partial charge in [-0.2, -0.15) is 11.8 Å². The van der Waals surface area contributed by atoms with Crippen molar-refractivity contribution in [2.45, 2.75) is 50.4 Å². The van der Waals surface area contributed by atoms with Crippen LogP contribution in [0.3, 0.4) is 0 Å². The van der Waals surface area contributed by atoms with Crippen molar-refractivity contribution in [2.75, 3.05) is 16.8 Å². The van der Waals surface area contributed by atoms with Crippen LogP contribution >= 0.6 is 23.5 Å². The molecule has 1 aromatic heterocycles. The number of nitrogens with one attached hydrogen (secondary N) is 2. The number of thioether (sulfide) groups is 2. The maximum atomic E-state index is 4.52. The second-order valence-electron chi connectivity index (χ2n) is 8.25. The molecule has 2 N–H and O–H groups in total. The molecule has 2 heterocycles. The van der Waals surface area contributed by atoms with Crippen molar-refractivity contribution < 1.29 is 0 Å². The van der Waals surface area contributed by atoms with Crippen LogP contribution < -0.4 is 5.32 Å². The van der Waals surface area contributed by atoms with E-state index in [1.54, 1.807) is 11.8 Å². The van der Waals surface area contributed by atoms with Gasteiger partial charge in [-0.05, 0) is 68.7 Å². The molecule has 1 aliphatic heterocycles. The zero-order chi connectivity index (χ0) is 23.6. The van der Waals surface area contributed by atoms with E-state index >= 15 is 0 Å². The first-order valence-corrected chi connectivity index (χ1v) is 13.4. The van der Waals surface area contributed by atoms with Crippen LogP contribution in [0.25, 0.3) is 17.1 Å². The number of nitrogens with zero attached hydrogens (tertiary/aromatic N) is 2. The molecule has 0 radical (unpaired) electrons. The molecule has 3 aromatic rings. The highest BCUT2D eigenvalue weighted by Crippen LogP contribution is 2.28. The summed E-state index contributed by atoms with van der Waals surface area (Å²) in [6.45, 7) is 14.4. The van der Waals surface area contributed by atoms with Gasteiger partial charge in [0.2, 0.25) is 5.16 Å². The first kappa shape index (κ1) is 25.2. The van der Waals surface area contributed by atoms with Gasteiger partial charge in [0, 0.05) is 33.5 Å². The number of aryl methyl sites for hydroxylation is 1. The van der Waals surface area contributed by atoms with Crippen molar-refractivity contribution >= 4 is 34.9 Å². The van der Waals surface area contributed by atoms with Crippen LogP contribution in [0, 0.1) is 6.92 Å². The average Bonchev–Trinajstić information content (AvgIpc) is 3.51. The SMILES string of the molecule is C=C(C)CSc1n[nH]c(-c2ccc(NC(=C)c3ccccc3C)cc2)n1.CCC1CCCS1. The van der Waals surface area contributed by atoms with Crippen molar-refractivity contribution in [3.8, 4) is 11.4 Å². The number of anilines is 1. The number of hydrogen-bond donors (Lipinski definition) is 2. The summed E-state index contributed by atoms with van der Waals surface area (Å²) in [5.74, 6) is 3.00. The molecule has 1 atom stereocenters. The van der Waals surface area contributed by atoms with E-state index in [1.807, 2.05) is 43.3 Å². The van der Waals surface area contributed by atoms with Crippen LogP contribution in [0.4, 0.5) is 5.69 Å². The van der Waals surface area contributed by atoms with Crippen LogP contribution in [-0.4, -0.2) is 31.9 Å². The molecule has 1 aliphatic rings. The summed E-state index contributed by atoms with van der Waals surface area (Å²) in [4.78, 5) is 4.52. The molecule has 0 bridgehead atoms. The minimum atomic E-state index is 0.734. The molecule has 4 rings (SSSR count). The predicted octanol–water partition coefficient (Wildman–Crippen LogP) is 7.82. The third-order valence-corrected chi connectivity index (χ3v) is 7.96. The van der Waals surface area contributed by atoms with Gasteiger partial charge in [-0.25, -0.2) is 4.98 Å². The maximum Gasteiger partial charge on any atom is 0.209 e. The van der Waals surface area contributed by atoms with Crippen molar-refractivity contribution in [1.29, 1.82) is 0 Å². The zero-order valence-corrected chi connectivity index (χ0v) is 21.5. The molecule has 0 saturated carbocycles. The second kappa shape index (κ2) is 12.7. The summed E-state index contributed by atoms with van der Waals surface area (Å²) in [7, 11) is 0. The Hall–Kier alpha value is -2.44. The summed E-state index contributed by atoms with van der Waals surface area (Å²) in [6, 6.07) is 16.3. The summed E-state index contributed by atoms with van der Waals surface area (Å²) in [5.41, 5.74) is 6.28. The number of H-pyrrole nitrogens is 1. The lowest BCUT2D eigenvalue weighted by Crippen LogP contribution is -1.99. The number of benzene rings is 2. The fourth-order valence-electron chi connectivity index (χ4n) is 3.46. The van der Waals surface area contributed by atoms with Crippen molar-refractivity contribution in [1.82, 2.24) is 15.2 Å². The highest BCUT2D eigenvalue weighted by Gasteiger charge is 2.11. The summed E-state index contributed by atoms with van der Waals surface area (Å²) in [6.07, 6.45) is 4.31. The molecule has 174 valence electrons. The third-order valence-electron chi connectivity index (χ3n) is 5.32. The molecule has 1 fully saturated rings. The lowest BCUT2D eigenvalue weighted by Gasteiger charge is -2.12. The maximum absolute atomic E-state index is 4.52. The normalized spacial score (nSPS) is 14.9. The van der Waals surface area contributed by atoms with Gasteiger partial charge in [0.1, 0.15) is 0 Å². The van der Waals surface area contributed by atoms with Gasteiger partial charge in [-0.15, -0.1) is 5.10 Å². The van der Waals surface area contributed by atoms with Crippen LogP contribution in [0.2, 0.25) is 0 Å². The van der Waals surface area contributed by atoms with Gasteiger partial charge in [-0.1, -0.05) is 61.7 Å². The molecule has 1 unspecified atom stereocenters. The van der Waals surface area contributed by atoms with E-state index in [1.165, 1.54) is 30.6 Å². The minimum Gasteiger partial charge on any atom is -0.356 e. The molecular formula is C27H34N4S2. The van der Waals surface area contributed by atoms with Crippen LogP contribution in [0.15, 0.2) is 72.4 Å². The predicted molar refractivity (Wildman–Crippen MR) is 147 cm³/mol. The van der Waals surface area contributed by atoms with Gasteiger partial charge < -0.3 is 5.32 Å². The first-order valence-electron chi connectivity index (χ1n) is 11.4.